The lowest BCUT2D eigenvalue weighted by Gasteiger charge is -2.36. The molecule has 1 atom stereocenters. The maximum absolute atomic E-state index is 9.22. The summed E-state index contributed by atoms with van der Waals surface area (Å²) in [7, 11) is 1.34. The Kier molecular flexibility index (Phi) is 28.9. The highest BCUT2D eigenvalue weighted by Gasteiger charge is 2.22. The Bertz CT molecular complexity index is 551. The van der Waals surface area contributed by atoms with E-state index >= 15 is 0 Å². The first kappa shape index (κ1) is 39.0. The minimum atomic E-state index is -4.41. The first-order valence-corrected chi connectivity index (χ1v) is 17.3. The van der Waals surface area contributed by atoms with Crippen molar-refractivity contribution in [2.75, 3.05) is 27.7 Å². The summed E-state index contributed by atoms with van der Waals surface area (Å²) >= 11 is 0. The fraction of sp³-hybridized carbons (Fsp3) is 1.00. The molecular weight excluding hydrogens is 482 g/mol. The number of hydrogen-bond acceptors (Lipinski definition) is 4. The van der Waals surface area contributed by atoms with Crippen molar-refractivity contribution >= 4 is 10.4 Å². The summed E-state index contributed by atoms with van der Waals surface area (Å²) < 4.78 is 32.3. The third-order valence-corrected chi connectivity index (χ3v) is 8.37. The van der Waals surface area contributed by atoms with E-state index in [0.29, 0.717) is 0 Å². The van der Waals surface area contributed by atoms with Crippen LogP contribution >= 0.6 is 0 Å². The SMILES string of the molecule is CCCCCCCCCCCCCC[N+](C)(C)C(C)CCCCCCCCCCCC.COS(=O)(=O)[O-]. The summed E-state index contributed by atoms with van der Waals surface area (Å²) in [6, 6.07) is 0.821. The zero-order valence-electron chi connectivity index (χ0n) is 26.0. The van der Waals surface area contributed by atoms with Gasteiger partial charge in [-0.2, -0.15) is 0 Å². The number of quaternary nitrogens is 1. The van der Waals surface area contributed by atoms with Crippen molar-refractivity contribution in [1.82, 2.24) is 0 Å². The van der Waals surface area contributed by atoms with Gasteiger partial charge in [0.15, 0.2) is 0 Å². The van der Waals surface area contributed by atoms with E-state index < -0.39 is 10.4 Å². The summed E-state index contributed by atoms with van der Waals surface area (Å²) in [6.07, 6.45) is 33.4. The normalized spacial score (nSPS) is 12.8. The van der Waals surface area contributed by atoms with E-state index in [1.807, 2.05) is 0 Å². The molecule has 0 bridgehead atoms. The highest BCUT2D eigenvalue weighted by Crippen LogP contribution is 2.18. The van der Waals surface area contributed by atoms with Crippen LogP contribution in [0.1, 0.15) is 168 Å². The zero-order chi connectivity index (χ0) is 28.3. The monoisotopic (exact) mass is 549 g/mol. The van der Waals surface area contributed by atoms with Crippen LogP contribution in [-0.4, -0.2) is 51.2 Å². The van der Waals surface area contributed by atoms with Crippen LogP contribution in [0.15, 0.2) is 0 Å². The lowest BCUT2D eigenvalue weighted by molar-refractivity contribution is -0.913. The minimum absolute atomic E-state index is 0.808. The third kappa shape index (κ3) is 31.9. The second-order valence-corrected chi connectivity index (χ2v) is 12.9. The van der Waals surface area contributed by atoms with Crippen molar-refractivity contribution in [3.63, 3.8) is 0 Å². The Hall–Kier alpha value is -0.170. The molecule has 0 aliphatic rings. The summed E-state index contributed by atoms with van der Waals surface area (Å²) in [6.45, 7) is 8.48. The van der Waals surface area contributed by atoms with Crippen molar-refractivity contribution in [3.8, 4) is 0 Å². The molecule has 0 aromatic carbocycles. The van der Waals surface area contributed by atoms with Gasteiger partial charge in [-0.3, -0.25) is 4.18 Å². The van der Waals surface area contributed by atoms with Gasteiger partial charge in [0.25, 0.3) is 0 Å². The molecule has 5 nitrogen and oxygen atoms in total. The molecule has 0 saturated carbocycles. The maximum Gasteiger partial charge on any atom is 0.217 e. The van der Waals surface area contributed by atoms with Gasteiger partial charge in [0, 0.05) is 0 Å². The van der Waals surface area contributed by atoms with E-state index in [2.05, 4.69) is 39.0 Å². The molecule has 0 rings (SSSR count). The van der Waals surface area contributed by atoms with Gasteiger partial charge in [-0.15, -0.1) is 0 Å². The summed E-state index contributed by atoms with van der Waals surface area (Å²) in [5.41, 5.74) is 0. The largest absolute Gasteiger partial charge is 0.726 e. The molecule has 0 fully saturated rings. The summed E-state index contributed by atoms with van der Waals surface area (Å²) in [5, 5.41) is 0. The summed E-state index contributed by atoms with van der Waals surface area (Å²) in [5.74, 6) is 0. The van der Waals surface area contributed by atoms with Gasteiger partial charge in [-0.25, -0.2) is 8.42 Å². The molecular formula is C31H67NO4S. The van der Waals surface area contributed by atoms with E-state index in [4.69, 9.17) is 0 Å². The molecule has 1 unspecified atom stereocenters. The van der Waals surface area contributed by atoms with Gasteiger partial charge in [-0.1, -0.05) is 136 Å². The fourth-order valence-electron chi connectivity index (χ4n) is 4.86. The van der Waals surface area contributed by atoms with Gasteiger partial charge in [-0.05, 0) is 32.6 Å². The molecule has 0 aromatic rings. The molecule has 0 aliphatic heterocycles. The second-order valence-electron chi connectivity index (χ2n) is 11.8. The van der Waals surface area contributed by atoms with E-state index in [1.165, 1.54) is 159 Å². The summed E-state index contributed by atoms with van der Waals surface area (Å²) in [4.78, 5) is 0. The first-order valence-electron chi connectivity index (χ1n) is 15.9. The van der Waals surface area contributed by atoms with Crippen LogP contribution in [0.3, 0.4) is 0 Å². The quantitative estimate of drug-likeness (QED) is 0.0466. The molecule has 6 heteroatoms. The first-order chi connectivity index (χ1) is 17.6. The average molecular weight is 550 g/mol. The second kappa shape index (κ2) is 27.4. The van der Waals surface area contributed by atoms with E-state index in [1.54, 1.807) is 0 Å². The lowest BCUT2D eigenvalue weighted by atomic mass is 10.0. The molecule has 0 saturated heterocycles. The van der Waals surface area contributed by atoms with Crippen LogP contribution in [0.2, 0.25) is 0 Å². The molecule has 0 aliphatic carbocycles. The van der Waals surface area contributed by atoms with Crippen molar-refractivity contribution in [2.24, 2.45) is 0 Å². The Balaban J connectivity index is 0. The molecule has 0 aromatic heterocycles. The van der Waals surface area contributed by atoms with Crippen molar-refractivity contribution in [1.29, 1.82) is 0 Å². The maximum atomic E-state index is 9.22. The van der Waals surface area contributed by atoms with Crippen molar-refractivity contribution in [2.45, 2.75) is 174 Å². The Morgan fingerprint density at radius 2 is 0.865 bits per heavy atom. The average Bonchev–Trinajstić information content (AvgIpc) is 2.85. The van der Waals surface area contributed by atoms with Gasteiger partial charge in [0.2, 0.25) is 10.4 Å². The zero-order valence-corrected chi connectivity index (χ0v) is 26.9. The van der Waals surface area contributed by atoms with Crippen LogP contribution in [0, 0.1) is 0 Å². The highest BCUT2D eigenvalue weighted by atomic mass is 32.3. The van der Waals surface area contributed by atoms with Gasteiger partial charge in [0.1, 0.15) is 0 Å². The van der Waals surface area contributed by atoms with Crippen molar-refractivity contribution in [3.05, 3.63) is 0 Å². The van der Waals surface area contributed by atoms with Crippen LogP contribution in [0.25, 0.3) is 0 Å². The minimum Gasteiger partial charge on any atom is -0.726 e. The molecule has 0 radical (unpaired) electrons. The Morgan fingerprint density at radius 1 is 0.595 bits per heavy atom. The van der Waals surface area contributed by atoms with Crippen LogP contribution in [0.4, 0.5) is 0 Å². The van der Waals surface area contributed by atoms with Gasteiger partial charge >= 0.3 is 0 Å². The van der Waals surface area contributed by atoms with Crippen LogP contribution in [0.5, 0.6) is 0 Å². The molecule has 37 heavy (non-hydrogen) atoms. The number of rotatable bonds is 26. The Labute approximate surface area is 234 Å². The highest BCUT2D eigenvalue weighted by molar-refractivity contribution is 7.80. The fourth-order valence-corrected chi connectivity index (χ4v) is 4.86. The molecule has 0 N–H and O–H groups in total. The molecule has 226 valence electrons. The van der Waals surface area contributed by atoms with Gasteiger partial charge < -0.3 is 9.04 Å². The predicted octanol–water partition coefficient (Wildman–Crippen LogP) is 9.56. The number of hydrogen-bond donors (Lipinski definition) is 0. The van der Waals surface area contributed by atoms with Gasteiger partial charge in [0.05, 0.1) is 33.8 Å². The van der Waals surface area contributed by atoms with E-state index in [-0.39, 0.29) is 0 Å². The number of unbranched alkanes of at least 4 members (excludes halogenated alkanes) is 20. The molecule has 0 spiro atoms. The predicted molar refractivity (Wildman–Crippen MR) is 161 cm³/mol. The van der Waals surface area contributed by atoms with Crippen LogP contribution in [-0.2, 0) is 14.6 Å². The lowest BCUT2D eigenvalue weighted by Crippen LogP contribution is -2.47. The standard InChI is InChI=1S/C30H64N.CH4O4S/c1-6-8-10-12-14-16-18-19-21-23-25-27-29-31(4,5)30(3)28-26-24-22-20-17-15-13-11-9-7-2;1-5-6(2,3)4/h30H,6-29H2,1-5H3;1H3,(H,2,3,4)/q+1;/p-1. The van der Waals surface area contributed by atoms with Crippen molar-refractivity contribution < 1.29 is 21.6 Å². The van der Waals surface area contributed by atoms with E-state index in [9.17, 15) is 13.0 Å². The molecule has 0 heterocycles. The number of nitrogens with zero attached hydrogens (tertiary/aromatic N) is 1. The van der Waals surface area contributed by atoms with Crippen LogP contribution < -0.4 is 0 Å². The smallest absolute Gasteiger partial charge is 0.217 e. The molecule has 0 amide bonds. The Morgan fingerprint density at radius 3 is 1.16 bits per heavy atom. The van der Waals surface area contributed by atoms with E-state index in [0.717, 1.165) is 13.2 Å². The third-order valence-electron chi connectivity index (χ3n) is 7.96. The topological polar surface area (TPSA) is 66.4 Å².